The quantitative estimate of drug-likeness (QED) is 0.762. The van der Waals surface area contributed by atoms with E-state index >= 15 is 0 Å². The van der Waals surface area contributed by atoms with Gasteiger partial charge in [-0.2, -0.15) is 0 Å². The lowest BCUT2D eigenvalue weighted by molar-refractivity contribution is -0.143. The van der Waals surface area contributed by atoms with Crippen LogP contribution in [0.2, 0.25) is 0 Å². The highest BCUT2D eigenvalue weighted by Crippen LogP contribution is 2.33. The topological polar surface area (TPSA) is 39.4 Å². The van der Waals surface area contributed by atoms with Crippen LogP contribution in [0.15, 0.2) is 34.9 Å². The van der Waals surface area contributed by atoms with E-state index in [9.17, 15) is 4.79 Å². The Morgan fingerprint density at radius 2 is 2.00 bits per heavy atom. The fraction of sp³-hybridized carbons (Fsp3) is 0.357. The Morgan fingerprint density at radius 1 is 1.29 bits per heavy atom. The molecule has 0 spiro atoms. The molecule has 1 aromatic carbocycles. The molecule has 0 N–H and O–H groups in total. The summed E-state index contributed by atoms with van der Waals surface area (Å²) in [5.74, 6) is -0.321. The number of esters is 1. The molecule has 0 saturated heterocycles. The average Bonchev–Trinajstić information content (AvgIpc) is 2.73. The number of carbonyl (C=O) groups is 1. The number of ether oxygens (including phenoxy) is 1. The van der Waals surface area contributed by atoms with Crippen molar-refractivity contribution >= 4 is 16.9 Å². The van der Waals surface area contributed by atoms with Crippen LogP contribution in [-0.2, 0) is 9.53 Å². The lowest BCUT2D eigenvalue weighted by Gasteiger charge is -2.17. The second kappa shape index (κ2) is 4.62. The predicted octanol–water partition coefficient (Wildman–Crippen LogP) is 3.35. The van der Waals surface area contributed by atoms with Crippen LogP contribution in [-0.4, -0.2) is 13.1 Å². The summed E-state index contributed by atoms with van der Waals surface area (Å²) < 4.78 is 10.3. The molecule has 1 aromatic heterocycles. The van der Waals surface area contributed by atoms with E-state index in [-0.39, 0.29) is 17.8 Å². The van der Waals surface area contributed by atoms with Crippen molar-refractivity contribution in [3.05, 3.63) is 36.1 Å². The van der Waals surface area contributed by atoms with Gasteiger partial charge in [0.05, 0.1) is 19.3 Å². The van der Waals surface area contributed by atoms with Gasteiger partial charge in [0, 0.05) is 10.9 Å². The smallest absolute Gasteiger partial charge is 0.313 e. The summed E-state index contributed by atoms with van der Waals surface area (Å²) in [5.41, 5.74) is 1.71. The van der Waals surface area contributed by atoms with Crippen LogP contribution in [0.25, 0.3) is 11.0 Å². The number of hydrogen-bond donors (Lipinski definition) is 0. The number of para-hydroxylation sites is 1. The summed E-state index contributed by atoms with van der Waals surface area (Å²) in [6.07, 6.45) is 1.66. The zero-order chi connectivity index (χ0) is 12.4. The molecule has 0 amide bonds. The fourth-order valence-electron chi connectivity index (χ4n) is 2.12. The molecule has 0 aliphatic heterocycles. The number of fused-ring (bicyclic) bond motifs is 1. The SMILES string of the molecule is COC(=O)C(c1coc2ccccc12)C(C)C. The van der Waals surface area contributed by atoms with E-state index < -0.39 is 0 Å². The van der Waals surface area contributed by atoms with Gasteiger partial charge in [-0.3, -0.25) is 4.79 Å². The molecule has 0 bridgehead atoms. The Hall–Kier alpha value is -1.77. The zero-order valence-corrected chi connectivity index (χ0v) is 10.3. The van der Waals surface area contributed by atoms with Gasteiger partial charge in [-0.25, -0.2) is 0 Å². The Bertz CT molecular complexity index is 525. The highest BCUT2D eigenvalue weighted by Gasteiger charge is 2.28. The van der Waals surface area contributed by atoms with E-state index in [1.54, 1.807) is 6.26 Å². The van der Waals surface area contributed by atoms with Gasteiger partial charge >= 0.3 is 5.97 Å². The molecular weight excluding hydrogens is 216 g/mol. The third-order valence-electron chi connectivity index (χ3n) is 2.97. The number of rotatable bonds is 3. The minimum Gasteiger partial charge on any atom is -0.469 e. The van der Waals surface area contributed by atoms with Crippen molar-refractivity contribution in [3.8, 4) is 0 Å². The van der Waals surface area contributed by atoms with Crippen molar-refractivity contribution in [1.82, 2.24) is 0 Å². The summed E-state index contributed by atoms with van der Waals surface area (Å²) in [5, 5.41) is 0.983. The first kappa shape index (κ1) is 11.7. The molecular formula is C14H16O3. The van der Waals surface area contributed by atoms with E-state index in [2.05, 4.69) is 0 Å². The molecule has 0 fully saturated rings. The fourth-order valence-corrected chi connectivity index (χ4v) is 2.12. The molecule has 2 rings (SSSR count). The van der Waals surface area contributed by atoms with Gasteiger partial charge in [-0.15, -0.1) is 0 Å². The Labute approximate surface area is 100 Å². The number of methoxy groups -OCH3 is 1. The molecule has 17 heavy (non-hydrogen) atoms. The maximum atomic E-state index is 11.8. The average molecular weight is 232 g/mol. The second-order valence-corrected chi connectivity index (χ2v) is 4.43. The lowest BCUT2D eigenvalue weighted by atomic mass is 9.88. The number of carbonyl (C=O) groups excluding carboxylic acids is 1. The minimum absolute atomic E-state index is 0.170. The van der Waals surface area contributed by atoms with E-state index in [1.807, 2.05) is 38.1 Å². The largest absolute Gasteiger partial charge is 0.469 e. The number of hydrogen-bond acceptors (Lipinski definition) is 3. The number of benzene rings is 1. The Morgan fingerprint density at radius 3 is 2.65 bits per heavy atom. The standard InChI is InChI=1S/C14H16O3/c1-9(2)13(14(15)16-3)11-8-17-12-7-5-4-6-10(11)12/h4-9,13H,1-3H3. The van der Waals surface area contributed by atoms with Crippen molar-refractivity contribution in [2.24, 2.45) is 5.92 Å². The third-order valence-corrected chi connectivity index (χ3v) is 2.97. The molecule has 0 saturated carbocycles. The second-order valence-electron chi connectivity index (χ2n) is 4.43. The van der Waals surface area contributed by atoms with Crippen LogP contribution in [0, 0.1) is 5.92 Å². The highest BCUT2D eigenvalue weighted by atomic mass is 16.5. The summed E-state index contributed by atoms with van der Waals surface area (Å²) in [7, 11) is 1.42. The van der Waals surface area contributed by atoms with Gasteiger partial charge in [0.1, 0.15) is 5.58 Å². The van der Waals surface area contributed by atoms with Gasteiger partial charge in [0.2, 0.25) is 0 Å². The van der Waals surface area contributed by atoms with E-state index in [4.69, 9.17) is 9.15 Å². The first-order valence-electron chi connectivity index (χ1n) is 5.69. The predicted molar refractivity (Wildman–Crippen MR) is 65.8 cm³/mol. The van der Waals surface area contributed by atoms with E-state index in [1.165, 1.54) is 7.11 Å². The maximum Gasteiger partial charge on any atom is 0.313 e. The molecule has 1 atom stereocenters. The van der Waals surface area contributed by atoms with Crippen molar-refractivity contribution in [2.75, 3.05) is 7.11 Å². The Kier molecular flexibility index (Phi) is 3.18. The first-order valence-corrected chi connectivity index (χ1v) is 5.69. The van der Waals surface area contributed by atoms with Gasteiger partial charge in [0.15, 0.2) is 0 Å². The van der Waals surface area contributed by atoms with Crippen molar-refractivity contribution < 1.29 is 13.9 Å². The summed E-state index contributed by atoms with van der Waals surface area (Å²) in [4.78, 5) is 11.8. The third kappa shape index (κ3) is 2.05. The monoisotopic (exact) mass is 232 g/mol. The zero-order valence-electron chi connectivity index (χ0n) is 10.3. The Balaban J connectivity index is 2.53. The van der Waals surface area contributed by atoms with Crippen molar-refractivity contribution in [1.29, 1.82) is 0 Å². The van der Waals surface area contributed by atoms with Crippen LogP contribution in [0.5, 0.6) is 0 Å². The molecule has 3 heteroatoms. The normalized spacial score (nSPS) is 12.9. The first-order chi connectivity index (χ1) is 8.15. The van der Waals surface area contributed by atoms with Gasteiger partial charge < -0.3 is 9.15 Å². The molecule has 0 radical (unpaired) electrons. The minimum atomic E-state index is -0.274. The molecule has 0 aliphatic rings. The summed E-state index contributed by atoms with van der Waals surface area (Å²) >= 11 is 0. The van der Waals surface area contributed by atoms with Crippen LogP contribution >= 0.6 is 0 Å². The summed E-state index contributed by atoms with van der Waals surface area (Å²) in [6.45, 7) is 4.01. The van der Waals surface area contributed by atoms with Crippen molar-refractivity contribution in [3.63, 3.8) is 0 Å². The van der Waals surface area contributed by atoms with Gasteiger partial charge in [-0.1, -0.05) is 32.0 Å². The maximum absolute atomic E-state index is 11.8. The van der Waals surface area contributed by atoms with Crippen LogP contribution < -0.4 is 0 Å². The van der Waals surface area contributed by atoms with E-state index in [0.29, 0.717) is 0 Å². The van der Waals surface area contributed by atoms with Gasteiger partial charge in [0.25, 0.3) is 0 Å². The highest BCUT2D eigenvalue weighted by molar-refractivity contribution is 5.88. The molecule has 1 unspecified atom stereocenters. The van der Waals surface area contributed by atoms with Crippen molar-refractivity contribution in [2.45, 2.75) is 19.8 Å². The van der Waals surface area contributed by atoms with Crippen LogP contribution in [0.1, 0.15) is 25.3 Å². The molecule has 90 valence electrons. The molecule has 0 aliphatic carbocycles. The molecule has 2 aromatic rings. The molecule has 1 heterocycles. The summed E-state index contributed by atoms with van der Waals surface area (Å²) in [6, 6.07) is 7.72. The van der Waals surface area contributed by atoms with Crippen LogP contribution in [0.4, 0.5) is 0 Å². The van der Waals surface area contributed by atoms with Crippen LogP contribution in [0.3, 0.4) is 0 Å². The number of furan rings is 1. The lowest BCUT2D eigenvalue weighted by Crippen LogP contribution is -2.19. The van der Waals surface area contributed by atoms with Gasteiger partial charge in [-0.05, 0) is 12.0 Å². The van der Waals surface area contributed by atoms with E-state index in [0.717, 1.165) is 16.5 Å². The molecule has 3 nitrogen and oxygen atoms in total.